The average Bonchev–Trinajstić information content (AvgIpc) is 2.28. The molecule has 3 heteroatoms. The van der Waals surface area contributed by atoms with E-state index < -0.39 is 0 Å². The number of hydrogen-bond acceptors (Lipinski definition) is 3. The summed E-state index contributed by atoms with van der Waals surface area (Å²) in [5, 5.41) is 6.87. The van der Waals surface area contributed by atoms with Gasteiger partial charge < -0.3 is 15.4 Å². The van der Waals surface area contributed by atoms with Gasteiger partial charge in [-0.25, -0.2) is 0 Å². The van der Waals surface area contributed by atoms with Crippen molar-refractivity contribution < 1.29 is 4.74 Å². The first kappa shape index (κ1) is 9.33. The lowest BCUT2D eigenvalue weighted by Crippen LogP contribution is -2.69. The Bertz CT molecular complexity index is 335. The van der Waals surface area contributed by atoms with E-state index in [2.05, 4.69) is 41.0 Å². The number of rotatable bonds is 1. The van der Waals surface area contributed by atoms with E-state index in [4.69, 9.17) is 4.74 Å². The molecule has 1 spiro atoms. The van der Waals surface area contributed by atoms with Crippen molar-refractivity contribution in [3.63, 3.8) is 0 Å². The van der Waals surface area contributed by atoms with Gasteiger partial charge in [-0.3, -0.25) is 0 Å². The van der Waals surface area contributed by atoms with Crippen LogP contribution in [0.4, 0.5) is 0 Å². The molecule has 2 aliphatic rings. The zero-order valence-electron chi connectivity index (χ0n) is 8.70. The van der Waals surface area contributed by atoms with Crippen molar-refractivity contribution in [2.45, 2.75) is 11.6 Å². The fourth-order valence-electron chi connectivity index (χ4n) is 2.47. The highest BCUT2D eigenvalue weighted by Crippen LogP contribution is 2.34. The van der Waals surface area contributed by atoms with E-state index in [1.54, 1.807) is 0 Å². The van der Waals surface area contributed by atoms with E-state index in [1.807, 2.05) is 0 Å². The standard InChI is InChI=1S/C12H16N2O/c1-2-4-10(5-3-1)11-12(8-13-9-12)15-7-6-14-11/h1-5,11,13-14H,6-9H2. The second-order valence-electron chi connectivity index (χ2n) is 4.31. The smallest absolute Gasteiger partial charge is 0.112 e. The molecule has 0 aliphatic carbocycles. The van der Waals surface area contributed by atoms with Gasteiger partial charge in [0.25, 0.3) is 0 Å². The van der Waals surface area contributed by atoms with Gasteiger partial charge in [-0.2, -0.15) is 0 Å². The Balaban J connectivity index is 1.89. The van der Waals surface area contributed by atoms with E-state index >= 15 is 0 Å². The Kier molecular flexibility index (Phi) is 2.24. The summed E-state index contributed by atoms with van der Waals surface area (Å²) in [6, 6.07) is 10.9. The van der Waals surface area contributed by atoms with Gasteiger partial charge in [0.05, 0.1) is 12.6 Å². The number of nitrogens with one attached hydrogen (secondary N) is 2. The fourth-order valence-corrected chi connectivity index (χ4v) is 2.47. The minimum Gasteiger partial charge on any atom is -0.369 e. The van der Waals surface area contributed by atoms with E-state index in [0.29, 0.717) is 6.04 Å². The molecule has 0 bridgehead atoms. The molecule has 0 radical (unpaired) electrons. The Morgan fingerprint density at radius 3 is 2.67 bits per heavy atom. The van der Waals surface area contributed by atoms with Crippen molar-refractivity contribution >= 4 is 0 Å². The molecular formula is C12H16N2O. The summed E-state index contributed by atoms with van der Waals surface area (Å²) < 4.78 is 5.94. The maximum Gasteiger partial charge on any atom is 0.112 e. The summed E-state index contributed by atoms with van der Waals surface area (Å²) >= 11 is 0. The first-order valence-electron chi connectivity index (χ1n) is 5.54. The first-order valence-corrected chi connectivity index (χ1v) is 5.54. The van der Waals surface area contributed by atoms with Crippen molar-refractivity contribution in [1.29, 1.82) is 0 Å². The van der Waals surface area contributed by atoms with Crippen LogP contribution in [0, 0.1) is 0 Å². The second kappa shape index (κ2) is 3.59. The largest absolute Gasteiger partial charge is 0.369 e. The Morgan fingerprint density at radius 2 is 2.00 bits per heavy atom. The number of ether oxygens (including phenoxy) is 1. The van der Waals surface area contributed by atoms with Gasteiger partial charge in [0.1, 0.15) is 5.60 Å². The minimum absolute atomic E-state index is 0.000394. The molecule has 1 aromatic rings. The molecule has 2 saturated heterocycles. The van der Waals surface area contributed by atoms with Crippen LogP contribution in [0.2, 0.25) is 0 Å². The maximum atomic E-state index is 5.94. The van der Waals surface area contributed by atoms with E-state index in [9.17, 15) is 0 Å². The van der Waals surface area contributed by atoms with Crippen LogP contribution in [0.1, 0.15) is 11.6 Å². The zero-order valence-corrected chi connectivity index (χ0v) is 8.70. The van der Waals surface area contributed by atoms with Gasteiger partial charge in [0.2, 0.25) is 0 Å². The monoisotopic (exact) mass is 204 g/mol. The SMILES string of the molecule is c1ccc(C2NCCOC23CNC3)cc1. The Labute approximate surface area is 89.8 Å². The highest BCUT2D eigenvalue weighted by Gasteiger charge is 2.47. The zero-order chi connectivity index (χ0) is 10.1. The molecule has 1 atom stereocenters. The van der Waals surface area contributed by atoms with Crippen LogP contribution >= 0.6 is 0 Å². The normalized spacial score (nSPS) is 28.7. The van der Waals surface area contributed by atoms with Crippen LogP contribution in [-0.2, 0) is 4.74 Å². The molecule has 0 aromatic heterocycles. The highest BCUT2D eigenvalue weighted by molar-refractivity contribution is 5.25. The van der Waals surface area contributed by atoms with Gasteiger partial charge >= 0.3 is 0 Å². The third-order valence-corrected chi connectivity index (χ3v) is 3.35. The van der Waals surface area contributed by atoms with Crippen LogP contribution in [0.5, 0.6) is 0 Å². The summed E-state index contributed by atoms with van der Waals surface area (Å²) in [5.74, 6) is 0. The third kappa shape index (κ3) is 1.47. The quantitative estimate of drug-likeness (QED) is 0.706. The second-order valence-corrected chi connectivity index (χ2v) is 4.31. The first-order chi connectivity index (χ1) is 7.41. The van der Waals surface area contributed by atoms with Crippen molar-refractivity contribution in [2.75, 3.05) is 26.2 Å². The summed E-state index contributed by atoms with van der Waals surface area (Å²) in [7, 11) is 0. The van der Waals surface area contributed by atoms with Gasteiger partial charge in [-0.1, -0.05) is 30.3 Å². The van der Waals surface area contributed by atoms with E-state index in [0.717, 1.165) is 26.2 Å². The molecular weight excluding hydrogens is 188 g/mol. The lowest BCUT2D eigenvalue weighted by molar-refractivity contribution is -0.128. The minimum atomic E-state index is -0.000394. The van der Waals surface area contributed by atoms with Crippen LogP contribution < -0.4 is 10.6 Å². The predicted octanol–water partition coefficient (Wildman–Crippen LogP) is 0.689. The van der Waals surface area contributed by atoms with Crippen molar-refractivity contribution in [2.24, 2.45) is 0 Å². The van der Waals surface area contributed by atoms with Crippen LogP contribution in [0.15, 0.2) is 30.3 Å². The van der Waals surface area contributed by atoms with Crippen LogP contribution in [-0.4, -0.2) is 31.8 Å². The van der Waals surface area contributed by atoms with Gasteiger partial charge in [-0.15, -0.1) is 0 Å². The number of morpholine rings is 1. The molecule has 1 unspecified atom stereocenters. The summed E-state index contributed by atoms with van der Waals surface area (Å²) in [4.78, 5) is 0. The fraction of sp³-hybridized carbons (Fsp3) is 0.500. The van der Waals surface area contributed by atoms with Crippen molar-refractivity contribution in [1.82, 2.24) is 10.6 Å². The molecule has 3 nitrogen and oxygen atoms in total. The summed E-state index contributed by atoms with van der Waals surface area (Å²) in [5.41, 5.74) is 1.33. The van der Waals surface area contributed by atoms with Gasteiger partial charge in [-0.05, 0) is 5.56 Å². The van der Waals surface area contributed by atoms with E-state index in [1.165, 1.54) is 5.56 Å². The lowest BCUT2D eigenvalue weighted by Gasteiger charge is -2.50. The number of hydrogen-bond donors (Lipinski definition) is 2. The lowest BCUT2D eigenvalue weighted by atomic mass is 9.82. The Morgan fingerprint density at radius 1 is 1.20 bits per heavy atom. The highest BCUT2D eigenvalue weighted by atomic mass is 16.5. The van der Waals surface area contributed by atoms with Crippen LogP contribution in [0.25, 0.3) is 0 Å². The van der Waals surface area contributed by atoms with Crippen molar-refractivity contribution in [3.05, 3.63) is 35.9 Å². The Hall–Kier alpha value is -0.900. The summed E-state index contributed by atoms with van der Waals surface area (Å²) in [6.45, 7) is 3.69. The molecule has 2 aliphatic heterocycles. The topological polar surface area (TPSA) is 33.3 Å². The summed E-state index contributed by atoms with van der Waals surface area (Å²) in [6.07, 6.45) is 0. The molecule has 3 rings (SSSR count). The maximum absolute atomic E-state index is 5.94. The van der Waals surface area contributed by atoms with E-state index in [-0.39, 0.29) is 5.60 Å². The number of benzene rings is 1. The molecule has 2 heterocycles. The molecule has 2 N–H and O–H groups in total. The van der Waals surface area contributed by atoms with Crippen molar-refractivity contribution in [3.8, 4) is 0 Å². The van der Waals surface area contributed by atoms with Crippen LogP contribution in [0.3, 0.4) is 0 Å². The molecule has 80 valence electrons. The average molecular weight is 204 g/mol. The third-order valence-electron chi connectivity index (χ3n) is 3.35. The van der Waals surface area contributed by atoms with Gasteiger partial charge in [0, 0.05) is 19.6 Å². The molecule has 0 saturated carbocycles. The molecule has 0 amide bonds. The predicted molar refractivity (Wildman–Crippen MR) is 58.7 cm³/mol. The van der Waals surface area contributed by atoms with Gasteiger partial charge in [0.15, 0.2) is 0 Å². The molecule has 15 heavy (non-hydrogen) atoms. The molecule has 2 fully saturated rings. The molecule has 1 aromatic carbocycles.